The molecule has 1 amide bonds. The number of hydrogen-bond donors (Lipinski definition) is 1. The highest BCUT2D eigenvalue weighted by Crippen LogP contribution is 2.42. The van der Waals surface area contributed by atoms with Crippen molar-refractivity contribution in [3.8, 4) is 11.4 Å². The first kappa shape index (κ1) is 27.9. The number of carbonyl (C=O) groups excluding carboxylic acids is 1. The van der Waals surface area contributed by atoms with E-state index in [9.17, 15) is 18.0 Å². The summed E-state index contributed by atoms with van der Waals surface area (Å²) in [6.45, 7) is 11.0. The standard InChI is InChI=1S/C28H32F4N6O2/c1-13-9-19(33)36-23(21(13)28(30,31)32)24-22(29)20-14(2)15(3)35-25(18(20)10-34-24)37-11-16-7-8-17(12-37)38(16)26(39)40-27(4,5)6/h9-10,16-17H,7-8,11-12H2,1-6H3,(H2,33,36). The van der Waals surface area contributed by atoms with E-state index >= 15 is 4.39 Å². The summed E-state index contributed by atoms with van der Waals surface area (Å²) in [5.74, 6) is -0.604. The highest BCUT2D eigenvalue weighted by molar-refractivity contribution is 5.97. The summed E-state index contributed by atoms with van der Waals surface area (Å²) in [6.07, 6.45) is -2.21. The number of nitrogens with two attached hydrogens (primary N) is 1. The Labute approximate surface area is 229 Å². The monoisotopic (exact) mass is 560 g/mol. The van der Waals surface area contributed by atoms with Crippen LogP contribution in [0.1, 0.15) is 56.0 Å². The lowest BCUT2D eigenvalue weighted by Crippen LogP contribution is -2.57. The minimum atomic E-state index is -4.79. The van der Waals surface area contributed by atoms with Crippen molar-refractivity contribution in [3.63, 3.8) is 0 Å². The van der Waals surface area contributed by atoms with E-state index in [2.05, 4.69) is 9.97 Å². The number of ether oxygens (including phenoxy) is 1. The molecule has 40 heavy (non-hydrogen) atoms. The first-order valence-electron chi connectivity index (χ1n) is 13.1. The molecule has 2 saturated heterocycles. The van der Waals surface area contributed by atoms with Gasteiger partial charge in [-0.2, -0.15) is 13.2 Å². The summed E-state index contributed by atoms with van der Waals surface area (Å²) in [5, 5.41) is 0.507. The number of nitrogen functional groups attached to an aromatic ring is 1. The molecule has 8 nitrogen and oxygen atoms in total. The van der Waals surface area contributed by atoms with E-state index in [1.54, 1.807) is 18.7 Å². The van der Waals surface area contributed by atoms with Crippen LogP contribution in [0.25, 0.3) is 22.2 Å². The van der Waals surface area contributed by atoms with E-state index < -0.39 is 34.5 Å². The fourth-order valence-corrected chi connectivity index (χ4v) is 5.83. The molecule has 2 fully saturated rings. The van der Waals surface area contributed by atoms with E-state index in [1.807, 2.05) is 25.7 Å². The Bertz CT molecular complexity index is 1500. The number of anilines is 2. The second-order valence-electron chi connectivity index (χ2n) is 11.6. The SMILES string of the molecule is Cc1cc(N)nc(-c2ncc3c(N4CC5CCC(C4)N5C(=O)OC(C)(C)C)nc(C)c(C)c3c2F)c1C(F)(F)F. The number of alkyl halides is 3. The van der Waals surface area contributed by atoms with Crippen LogP contribution in [0.4, 0.5) is 34.0 Å². The smallest absolute Gasteiger partial charge is 0.418 e. The third-order valence-electron chi connectivity index (χ3n) is 7.58. The Kier molecular flexibility index (Phi) is 6.58. The molecule has 214 valence electrons. The van der Waals surface area contributed by atoms with E-state index in [0.717, 1.165) is 18.9 Å². The lowest BCUT2D eigenvalue weighted by Gasteiger charge is -2.42. The van der Waals surface area contributed by atoms with Crippen LogP contribution >= 0.6 is 0 Å². The summed E-state index contributed by atoms with van der Waals surface area (Å²) in [5.41, 5.74) is 3.75. The Morgan fingerprint density at radius 1 is 1.05 bits per heavy atom. The maximum Gasteiger partial charge on any atom is 0.418 e. The zero-order chi connectivity index (χ0) is 29.3. The van der Waals surface area contributed by atoms with Gasteiger partial charge in [0.2, 0.25) is 0 Å². The van der Waals surface area contributed by atoms with Crippen LogP contribution in [-0.4, -0.2) is 56.7 Å². The van der Waals surface area contributed by atoms with Crippen LogP contribution in [0.2, 0.25) is 0 Å². The molecule has 2 atom stereocenters. The number of rotatable bonds is 2. The number of aromatic nitrogens is 3. The number of pyridine rings is 3. The van der Waals surface area contributed by atoms with Crippen molar-refractivity contribution < 1.29 is 27.1 Å². The predicted molar refractivity (Wildman–Crippen MR) is 143 cm³/mol. The molecular weight excluding hydrogens is 528 g/mol. The predicted octanol–water partition coefficient (Wildman–Crippen LogP) is 5.95. The van der Waals surface area contributed by atoms with Gasteiger partial charge in [-0.1, -0.05) is 0 Å². The third-order valence-corrected chi connectivity index (χ3v) is 7.58. The van der Waals surface area contributed by atoms with Crippen LogP contribution in [-0.2, 0) is 10.9 Å². The van der Waals surface area contributed by atoms with Gasteiger partial charge in [0.05, 0.1) is 17.6 Å². The molecule has 0 saturated carbocycles. The van der Waals surface area contributed by atoms with Gasteiger partial charge in [-0.3, -0.25) is 9.88 Å². The number of nitrogens with zero attached hydrogens (tertiary/aromatic N) is 5. The van der Waals surface area contributed by atoms with Crippen LogP contribution in [0, 0.1) is 26.6 Å². The van der Waals surface area contributed by atoms with Crippen molar-refractivity contribution in [1.29, 1.82) is 0 Å². The number of aryl methyl sites for hydroxylation is 3. The van der Waals surface area contributed by atoms with Crippen molar-refractivity contribution in [1.82, 2.24) is 19.9 Å². The number of fused-ring (bicyclic) bond motifs is 3. The Hall–Kier alpha value is -3.70. The van der Waals surface area contributed by atoms with Gasteiger partial charge in [-0.15, -0.1) is 0 Å². The Morgan fingerprint density at radius 3 is 2.25 bits per heavy atom. The molecule has 3 aromatic rings. The highest BCUT2D eigenvalue weighted by Gasteiger charge is 2.45. The molecule has 2 aliphatic heterocycles. The summed E-state index contributed by atoms with van der Waals surface area (Å²) in [4.78, 5) is 29.5. The van der Waals surface area contributed by atoms with Gasteiger partial charge < -0.3 is 15.4 Å². The van der Waals surface area contributed by atoms with E-state index in [0.29, 0.717) is 35.6 Å². The molecule has 0 radical (unpaired) electrons. The minimum Gasteiger partial charge on any atom is -0.444 e. The summed E-state index contributed by atoms with van der Waals surface area (Å²) < 4.78 is 63.9. The van der Waals surface area contributed by atoms with Crippen LogP contribution in [0.5, 0.6) is 0 Å². The summed E-state index contributed by atoms with van der Waals surface area (Å²) >= 11 is 0. The topological polar surface area (TPSA) is 97.5 Å². The normalized spacial score (nSPS) is 19.4. The number of carbonyl (C=O) groups is 1. The van der Waals surface area contributed by atoms with E-state index in [1.165, 1.54) is 13.1 Å². The van der Waals surface area contributed by atoms with Crippen molar-refractivity contribution in [2.75, 3.05) is 23.7 Å². The van der Waals surface area contributed by atoms with Crippen LogP contribution < -0.4 is 10.6 Å². The largest absolute Gasteiger partial charge is 0.444 e. The molecule has 2 aliphatic rings. The second-order valence-corrected chi connectivity index (χ2v) is 11.6. The van der Waals surface area contributed by atoms with Crippen molar-refractivity contribution in [2.24, 2.45) is 0 Å². The molecule has 5 rings (SSSR count). The Morgan fingerprint density at radius 2 is 1.68 bits per heavy atom. The first-order chi connectivity index (χ1) is 18.6. The first-order valence-corrected chi connectivity index (χ1v) is 13.1. The molecule has 2 N–H and O–H groups in total. The molecule has 12 heteroatoms. The quantitative estimate of drug-likeness (QED) is 0.387. The van der Waals surface area contributed by atoms with Gasteiger partial charge in [-0.05, 0) is 71.6 Å². The fourth-order valence-electron chi connectivity index (χ4n) is 5.83. The lowest BCUT2D eigenvalue weighted by molar-refractivity contribution is -0.137. The van der Waals surface area contributed by atoms with E-state index in [4.69, 9.17) is 15.5 Å². The van der Waals surface area contributed by atoms with Gasteiger partial charge in [0.25, 0.3) is 0 Å². The van der Waals surface area contributed by atoms with E-state index in [-0.39, 0.29) is 34.9 Å². The van der Waals surface area contributed by atoms with Crippen molar-refractivity contribution in [2.45, 2.75) is 78.2 Å². The summed E-state index contributed by atoms with van der Waals surface area (Å²) in [6, 6.07) is 0.879. The van der Waals surface area contributed by atoms with Gasteiger partial charge >= 0.3 is 12.3 Å². The summed E-state index contributed by atoms with van der Waals surface area (Å²) in [7, 11) is 0. The average molecular weight is 561 g/mol. The number of piperazine rings is 1. The number of hydrogen-bond acceptors (Lipinski definition) is 7. The number of halogens is 4. The van der Waals surface area contributed by atoms with Gasteiger partial charge in [0.1, 0.15) is 28.6 Å². The zero-order valence-electron chi connectivity index (χ0n) is 23.3. The highest BCUT2D eigenvalue weighted by atomic mass is 19.4. The lowest BCUT2D eigenvalue weighted by atomic mass is 9.99. The van der Waals surface area contributed by atoms with Gasteiger partial charge in [0.15, 0.2) is 5.82 Å². The fraction of sp³-hybridized carbons (Fsp3) is 0.500. The minimum absolute atomic E-state index is 0.113. The zero-order valence-corrected chi connectivity index (χ0v) is 23.3. The molecule has 0 spiro atoms. The molecule has 0 aliphatic carbocycles. The maximum absolute atomic E-state index is 16.2. The third kappa shape index (κ3) is 4.77. The van der Waals surface area contributed by atoms with Crippen molar-refractivity contribution >= 4 is 28.5 Å². The molecular formula is C28H32F4N6O2. The molecule has 0 aromatic carbocycles. The van der Waals surface area contributed by atoms with Gasteiger partial charge in [-0.25, -0.2) is 19.2 Å². The van der Waals surface area contributed by atoms with Crippen molar-refractivity contribution in [3.05, 3.63) is 40.5 Å². The second kappa shape index (κ2) is 9.45. The average Bonchev–Trinajstić information content (AvgIpc) is 3.08. The molecule has 5 heterocycles. The number of amides is 1. The van der Waals surface area contributed by atoms with Gasteiger partial charge in [0, 0.05) is 35.8 Å². The molecule has 2 unspecified atom stereocenters. The maximum atomic E-state index is 16.2. The molecule has 3 aromatic heterocycles. The van der Waals surface area contributed by atoms with Crippen LogP contribution in [0.3, 0.4) is 0 Å². The Balaban J connectivity index is 1.60. The molecule has 2 bridgehead atoms. The van der Waals surface area contributed by atoms with Crippen LogP contribution in [0.15, 0.2) is 12.3 Å².